The predicted molar refractivity (Wildman–Crippen MR) is 133 cm³/mol. The van der Waals surface area contributed by atoms with Crippen molar-refractivity contribution in [1.29, 1.82) is 0 Å². The summed E-state index contributed by atoms with van der Waals surface area (Å²) < 4.78 is 21.7. The van der Waals surface area contributed by atoms with Crippen molar-refractivity contribution < 1.29 is 33.6 Å². The fourth-order valence-electron chi connectivity index (χ4n) is 4.35. The number of ketones is 1. The van der Waals surface area contributed by atoms with Crippen LogP contribution in [0.3, 0.4) is 0 Å². The summed E-state index contributed by atoms with van der Waals surface area (Å²) in [5, 5.41) is 11.3. The number of benzene rings is 3. The number of hydrogen-bond donors (Lipinski definition) is 1. The number of rotatable bonds is 8. The van der Waals surface area contributed by atoms with Gasteiger partial charge in [-0.05, 0) is 35.4 Å². The van der Waals surface area contributed by atoms with E-state index in [0.29, 0.717) is 34.1 Å². The molecule has 0 radical (unpaired) electrons. The Balaban J connectivity index is 1.95. The zero-order valence-corrected chi connectivity index (χ0v) is 20.5. The molecule has 0 spiro atoms. The second kappa shape index (κ2) is 10.4. The van der Waals surface area contributed by atoms with Crippen molar-refractivity contribution in [3.05, 3.63) is 89.0 Å². The number of aliphatic hydroxyl groups excluding tert-OH is 1. The maximum Gasteiger partial charge on any atom is 0.295 e. The molecule has 1 N–H and O–H groups in total. The molecular formula is C28H27NO7. The van der Waals surface area contributed by atoms with Crippen LogP contribution in [0.25, 0.3) is 5.76 Å². The van der Waals surface area contributed by atoms with Crippen LogP contribution < -0.4 is 18.9 Å². The number of aliphatic hydroxyl groups is 1. The van der Waals surface area contributed by atoms with Crippen LogP contribution in [-0.2, 0) is 16.1 Å². The number of carbonyl (C=O) groups is 2. The highest BCUT2D eigenvalue weighted by Gasteiger charge is 2.46. The summed E-state index contributed by atoms with van der Waals surface area (Å²) in [4.78, 5) is 28.1. The molecule has 1 amide bonds. The van der Waals surface area contributed by atoms with Gasteiger partial charge in [-0.15, -0.1) is 0 Å². The first-order chi connectivity index (χ1) is 17.4. The van der Waals surface area contributed by atoms with Gasteiger partial charge in [-0.2, -0.15) is 0 Å². The summed E-state index contributed by atoms with van der Waals surface area (Å²) in [5.74, 6) is -0.218. The van der Waals surface area contributed by atoms with Gasteiger partial charge in [0.25, 0.3) is 11.7 Å². The average molecular weight is 490 g/mol. The molecule has 0 bridgehead atoms. The molecule has 1 fully saturated rings. The van der Waals surface area contributed by atoms with Crippen LogP contribution >= 0.6 is 0 Å². The SMILES string of the molecule is COc1cccc(/C(O)=C2\C(=O)C(=O)N(Cc3ccccc3)C2c2cc(OC)c(OC)c(OC)c2)c1. The Morgan fingerprint density at radius 3 is 2.08 bits per heavy atom. The Bertz CT molecular complexity index is 1290. The van der Waals surface area contributed by atoms with E-state index in [-0.39, 0.29) is 17.9 Å². The zero-order chi connectivity index (χ0) is 25.8. The third-order valence-electron chi connectivity index (χ3n) is 6.08. The standard InChI is InChI=1S/C28H27NO7/c1-33-20-12-8-11-18(13-20)25(30)23-24(19-14-21(34-2)27(36-4)22(15-19)35-3)29(28(32)26(23)31)16-17-9-6-5-7-10-17/h5-15,24,30H,16H2,1-4H3/b25-23+. The van der Waals surface area contributed by atoms with Crippen LogP contribution in [0.5, 0.6) is 23.0 Å². The van der Waals surface area contributed by atoms with Crippen LogP contribution in [0.4, 0.5) is 0 Å². The highest BCUT2D eigenvalue weighted by molar-refractivity contribution is 6.46. The number of carbonyl (C=O) groups excluding carboxylic acids is 2. The Kier molecular flexibility index (Phi) is 7.15. The molecule has 0 saturated carbocycles. The largest absolute Gasteiger partial charge is 0.507 e. The first-order valence-electron chi connectivity index (χ1n) is 11.2. The Labute approximate surface area is 209 Å². The summed E-state index contributed by atoms with van der Waals surface area (Å²) in [6.07, 6.45) is 0. The van der Waals surface area contributed by atoms with Crippen molar-refractivity contribution in [1.82, 2.24) is 4.90 Å². The summed E-state index contributed by atoms with van der Waals surface area (Å²) in [6.45, 7) is 0.154. The van der Waals surface area contributed by atoms with Crippen molar-refractivity contribution in [2.24, 2.45) is 0 Å². The fraction of sp³-hybridized carbons (Fsp3) is 0.214. The van der Waals surface area contributed by atoms with E-state index in [1.165, 1.54) is 33.3 Å². The highest BCUT2D eigenvalue weighted by Crippen LogP contribution is 2.46. The van der Waals surface area contributed by atoms with Gasteiger partial charge >= 0.3 is 0 Å². The summed E-state index contributed by atoms with van der Waals surface area (Å²) in [7, 11) is 5.97. The van der Waals surface area contributed by atoms with Gasteiger partial charge in [0.05, 0.1) is 40.1 Å². The monoisotopic (exact) mass is 489 g/mol. The lowest BCUT2D eigenvalue weighted by Crippen LogP contribution is -2.29. The molecule has 1 aliphatic heterocycles. The molecule has 1 aliphatic rings. The molecule has 8 heteroatoms. The first-order valence-corrected chi connectivity index (χ1v) is 11.2. The van der Waals surface area contributed by atoms with Crippen molar-refractivity contribution in [3.63, 3.8) is 0 Å². The maximum absolute atomic E-state index is 13.4. The van der Waals surface area contributed by atoms with Crippen molar-refractivity contribution >= 4 is 17.4 Å². The molecule has 1 unspecified atom stereocenters. The minimum atomic E-state index is -0.912. The number of Topliss-reactive ketones (excluding diaryl/α,β-unsaturated/α-hetero) is 1. The molecule has 3 aromatic rings. The molecule has 186 valence electrons. The molecule has 4 rings (SSSR count). The number of methoxy groups -OCH3 is 4. The van der Waals surface area contributed by atoms with Crippen LogP contribution in [0, 0.1) is 0 Å². The number of hydrogen-bond acceptors (Lipinski definition) is 7. The molecule has 8 nitrogen and oxygen atoms in total. The van der Waals surface area contributed by atoms with Gasteiger partial charge in [0, 0.05) is 12.1 Å². The fourth-order valence-corrected chi connectivity index (χ4v) is 4.35. The van der Waals surface area contributed by atoms with E-state index >= 15 is 0 Å². The van der Waals surface area contributed by atoms with E-state index < -0.39 is 17.7 Å². The number of nitrogens with zero attached hydrogens (tertiary/aromatic N) is 1. The maximum atomic E-state index is 13.4. The van der Waals surface area contributed by atoms with Gasteiger partial charge in [0.15, 0.2) is 11.5 Å². The molecular weight excluding hydrogens is 462 g/mol. The normalized spacial score (nSPS) is 16.7. The van der Waals surface area contributed by atoms with Crippen molar-refractivity contribution in [2.45, 2.75) is 12.6 Å². The van der Waals surface area contributed by atoms with Gasteiger partial charge in [-0.1, -0.05) is 42.5 Å². The lowest BCUT2D eigenvalue weighted by Gasteiger charge is -2.26. The van der Waals surface area contributed by atoms with E-state index in [0.717, 1.165) is 5.56 Å². The average Bonchev–Trinajstić information content (AvgIpc) is 3.17. The van der Waals surface area contributed by atoms with Crippen LogP contribution in [0.15, 0.2) is 72.3 Å². The van der Waals surface area contributed by atoms with Crippen molar-refractivity contribution in [2.75, 3.05) is 28.4 Å². The predicted octanol–water partition coefficient (Wildman–Crippen LogP) is 4.34. The highest BCUT2D eigenvalue weighted by atomic mass is 16.5. The van der Waals surface area contributed by atoms with Crippen molar-refractivity contribution in [3.8, 4) is 23.0 Å². The van der Waals surface area contributed by atoms with Gasteiger partial charge in [0.2, 0.25) is 5.75 Å². The topological polar surface area (TPSA) is 94.5 Å². The molecule has 1 heterocycles. The summed E-state index contributed by atoms with van der Waals surface area (Å²) in [5.41, 5.74) is 1.66. The molecule has 3 aromatic carbocycles. The zero-order valence-electron chi connectivity index (χ0n) is 20.5. The number of likely N-dealkylation sites (tertiary alicyclic amines) is 1. The summed E-state index contributed by atoms with van der Waals surface area (Å²) in [6, 6.07) is 18.4. The lowest BCUT2D eigenvalue weighted by molar-refractivity contribution is -0.140. The Morgan fingerprint density at radius 1 is 0.833 bits per heavy atom. The quantitative estimate of drug-likeness (QED) is 0.286. The molecule has 36 heavy (non-hydrogen) atoms. The Hall–Kier alpha value is -4.46. The second-order valence-electron chi connectivity index (χ2n) is 8.10. The number of ether oxygens (including phenoxy) is 4. The van der Waals surface area contributed by atoms with Gasteiger partial charge < -0.3 is 29.0 Å². The summed E-state index contributed by atoms with van der Waals surface area (Å²) >= 11 is 0. The van der Waals surface area contributed by atoms with E-state index in [9.17, 15) is 14.7 Å². The molecule has 1 atom stereocenters. The van der Waals surface area contributed by atoms with Gasteiger partial charge in [0.1, 0.15) is 11.5 Å². The van der Waals surface area contributed by atoms with E-state index in [2.05, 4.69) is 0 Å². The first kappa shape index (κ1) is 24.7. The minimum absolute atomic E-state index is 0.0431. The van der Waals surface area contributed by atoms with Gasteiger partial charge in [-0.3, -0.25) is 9.59 Å². The lowest BCUT2D eigenvalue weighted by atomic mass is 9.94. The third kappa shape index (κ3) is 4.45. The van der Waals surface area contributed by atoms with E-state index in [1.54, 1.807) is 36.4 Å². The van der Waals surface area contributed by atoms with Gasteiger partial charge in [-0.25, -0.2) is 0 Å². The smallest absolute Gasteiger partial charge is 0.295 e. The minimum Gasteiger partial charge on any atom is -0.507 e. The van der Waals surface area contributed by atoms with Crippen LogP contribution in [-0.4, -0.2) is 50.1 Å². The second-order valence-corrected chi connectivity index (χ2v) is 8.10. The molecule has 1 saturated heterocycles. The van der Waals surface area contributed by atoms with Crippen LogP contribution in [0.1, 0.15) is 22.7 Å². The van der Waals surface area contributed by atoms with E-state index in [1.807, 2.05) is 30.3 Å². The molecule has 0 aliphatic carbocycles. The Morgan fingerprint density at radius 2 is 1.50 bits per heavy atom. The molecule has 0 aromatic heterocycles. The van der Waals surface area contributed by atoms with Crippen LogP contribution in [0.2, 0.25) is 0 Å². The third-order valence-corrected chi connectivity index (χ3v) is 6.08. The number of amides is 1. The van der Waals surface area contributed by atoms with E-state index in [4.69, 9.17) is 18.9 Å².